The number of benzene rings is 1. The maximum absolute atomic E-state index is 3.91. The zero-order valence-electron chi connectivity index (χ0n) is 13.2. The van der Waals surface area contributed by atoms with E-state index in [1.165, 1.54) is 34.6 Å². The molecule has 1 aliphatic heterocycles. The number of nitrogens with zero attached hydrogens (tertiary/aromatic N) is 1. The van der Waals surface area contributed by atoms with Crippen LogP contribution in [0.4, 0.5) is 5.69 Å². The van der Waals surface area contributed by atoms with E-state index in [1.807, 2.05) is 23.9 Å². The number of allylic oxidation sites excluding steroid dienone is 3. The average molecular weight is 309 g/mol. The number of rotatable bonds is 5. The Kier molecular flexibility index (Phi) is 4.58. The van der Waals surface area contributed by atoms with Gasteiger partial charge in [-0.25, -0.2) is 0 Å². The van der Waals surface area contributed by atoms with Gasteiger partial charge in [-0.1, -0.05) is 62.9 Å². The van der Waals surface area contributed by atoms with E-state index in [2.05, 4.69) is 61.4 Å². The molecule has 0 radical (unpaired) electrons. The summed E-state index contributed by atoms with van der Waals surface area (Å²) in [6, 6.07) is 7.14. The Morgan fingerprint density at radius 1 is 1.27 bits per heavy atom. The van der Waals surface area contributed by atoms with Crippen LogP contribution in [0.25, 0.3) is 6.08 Å². The molecule has 0 saturated carbocycles. The summed E-state index contributed by atoms with van der Waals surface area (Å²) in [5.41, 5.74) is 3.79. The fourth-order valence-corrected chi connectivity index (χ4v) is 4.48. The lowest BCUT2D eigenvalue weighted by Gasteiger charge is -2.42. The molecule has 0 N–H and O–H groups in total. The molecule has 0 spiro atoms. The zero-order valence-corrected chi connectivity index (χ0v) is 14.0. The molecule has 2 atom stereocenters. The molecule has 0 fully saturated rings. The van der Waals surface area contributed by atoms with Crippen LogP contribution in [0, 0.1) is 0 Å². The van der Waals surface area contributed by atoms with Gasteiger partial charge in [0.15, 0.2) is 0 Å². The Morgan fingerprint density at radius 2 is 2.14 bits per heavy atom. The van der Waals surface area contributed by atoms with E-state index in [-0.39, 0.29) is 0 Å². The van der Waals surface area contributed by atoms with Gasteiger partial charge in [0, 0.05) is 11.4 Å². The Morgan fingerprint density at radius 3 is 2.86 bits per heavy atom. The fourth-order valence-electron chi connectivity index (χ4n) is 3.08. The molecule has 2 unspecified atom stereocenters. The molecule has 2 aliphatic rings. The van der Waals surface area contributed by atoms with Gasteiger partial charge in [-0.2, -0.15) is 0 Å². The molecule has 114 valence electrons. The third kappa shape index (κ3) is 2.80. The number of thioether (sulfide) groups is 1. The van der Waals surface area contributed by atoms with Crippen LogP contribution < -0.4 is 4.90 Å². The maximum atomic E-state index is 3.91. The van der Waals surface area contributed by atoms with Crippen molar-refractivity contribution in [3.63, 3.8) is 0 Å². The quantitative estimate of drug-likeness (QED) is 0.710. The molecular formula is C20H23NS. The molecule has 0 bridgehead atoms. The SMILES string of the molecule is C=CC1=CC2Sc3cc(C=C)ccc3N(CCCC)C2C=C1. The fraction of sp³-hybridized carbons (Fsp3) is 0.300. The van der Waals surface area contributed by atoms with E-state index in [1.54, 1.807) is 0 Å². The number of fused-ring (bicyclic) bond motifs is 2. The van der Waals surface area contributed by atoms with E-state index >= 15 is 0 Å². The van der Waals surface area contributed by atoms with Crippen molar-refractivity contribution < 1.29 is 0 Å². The third-order valence-corrected chi connectivity index (χ3v) is 5.59. The molecule has 3 rings (SSSR count). The van der Waals surface area contributed by atoms with Crippen molar-refractivity contribution >= 4 is 23.5 Å². The van der Waals surface area contributed by atoms with Crippen LogP contribution in [0.15, 0.2) is 66.1 Å². The van der Waals surface area contributed by atoms with Crippen molar-refractivity contribution in [1.29, 1.82) is 0 Å². The van der Waals surface area contributed by atoms with Crippen molar-refractivity contribution in [3.05, 3.63) is 66.8 Å². The Bertz CT molecular complexity index is 641. The lowest BCUT2D eigenvalue weighted by molar-refractivity contribution is 0.643. The van der Waals surface area contributed by atoms with Crippen LogP contribution >= 0.6 is 11.8 Å². The van der Waals surface area contributed by atoms with Crippen molar-refractivity contribution in [3.8, 4) is 0 Å². The molecule has 1 nitrogen and oxygen atoms in total. The van der Waals surface area contributed by atoms with Gasteiger partial charge in [0.1, 0.15) is 0 Å². The van der Waals surface area contributed by atoms with Crippen LogP contribution in [0.1, 0.15) is 25.3 Å². The number of hydrogen-bond donors (Lipinski definition) is 0. The monoisotopic (exact) mass is 309 g/mol. The van der Waals surface area contributed by atoms with Crippen molar-refractivity contribution in [2.45, 2.75) is 36.0 Å². The first kappa shape index (κ1) is 15.2. The minimum atomic E-state index is 0.447. The molecule has 0 aromatic heterocycles. The van der Waals surface area contributed by atoms with Gasteiger partial charge in [-0.15, -0.1) is 11.8 Å². The predicted molar refractivity (Wildman–Crippen MR) is 99.6 cm³/mol. The van der Waals surface area contributed by atoms with Crippen molar-refractivity contribution in [2.75, 3.05) is 11.4 Å². The summed E-state index contributed by atoms with van der Waals surface area (Å²) in [5.74, 6) is 0. The second-order valence-electron chi connectivity index (χ2n) is 5.78. The molecule has 0 amide bonds. The van der Waals surface area contributed by atoms with Crippen LogP contribution in [0.3, 0.4) is 0 Å². The average Bonchev–Trinajstić information content (AvgIpc) is 2.57. The molecule has 0 saturated heterocycles. The van der Waals surface area contributed by atoms with Gasteiger partial charge in [-0.05, 0) is 29.7 Å². The topological polar surface area (TPSA) is 3.24 Å². The summed E-state index contributed by atoms with van der Waals surface area (Å²) in [6.45, 7) is 11.2. The molecule has 2 heteroatoms. The standard InChI is InChI=1S/C20H23NS/c1-4-7-12-21-17-10-8-15(5-2)13-19(17)22-20-14-16(6-3)9-11-18(20)21/h5-6,8-11,13-14,17,19H,2-4,7,12H2,1H3. The molecule has 1 aromatic rings. The predicted octanol–water partition coefficient (Wildman–Crippen LogP) is 5.46. The first-order valence-electron chi connectivity index (χ1n) is 7.99. The Hall–Kier alpha value is -1.67. The van der Waals surface area contributed by atoms with Crippen molar-refractivity contribution in [2.24, 2.45) is 0 Å². The van der Waals surface area contributed by atoms with Gasteiger partial charge >= 0.3 is 0 Å². The second kappa shape index (κ2) is 6.62. The molecule has 1 heterocycles. The molecule has 22 heavy (non-hydrogen) atoms. The maximum Gasteiger partial charge on any atom is 0.0634 e. The zero-order chi connectivity index (χ0) is 15.5. The highest BCUT2D eigenvalue weighted by Crippen LogP contribution is 2.44. The second-order valence-corrected chi connectivity index (χ2v) is 7.00. The van der Waals surface area contributed by atoms with Gasteiger partial charge in [0.2, 0.25) is 0 Å². The number of anilines is 1. The summed E-state index contributed by atoms with van der Waals surface area (Å²) in [7, 11) is 0. The summed E-state index contributed by atoms with van der Waals surface area (Å²) >= 11 is 1.96. The van der Waals surface area contributed by atoms with Crippen LogP contribution in [0.5, 0.6) is 0 Å². The third-order valence-electron chi connectivity index (χ3n) is 4.32. The highest BCUT2D eigenvalue weighted by Gasteiger charge is 2.33. The Balaban J connectivity index is 2.00. The highest BCUT2D eigenvalue weighted by atomic mass is 32.2. The van der Waals surface area contributed by atoms with E-state index in [0.717, 1.165) is 6.54 Å². The van der Waals surface area contributed by atoms with E-state index in [9.17, 15) is 0 Å². The van der Waals surface area contributed by atoms with E-state index in [0.29, 0.717) is 11.3 Å². The number of hydrogen-bond acceptors (Lipinski definition) is 2. The summed E-state index contributed by atoms with van der Waals surface area (Å²) in [6.07, 6.45) is 13.2. The normalized spacial score (nSPS) is 22.6. The highest BCUT2D eigenvalue weighted by molar-refractivity contribution is 8.00. The number of unbranched alkanes of at least 4 members (excludes halogenated alkanes) is 1. The summed E-state index contributed by atoms with van der Waals surface area (Å²) in [4.78, 5) is 3.93. The molecule has 1 aliphatic carbocycles. The first-order chi connectivity index (χ1) is 10.8. The van der Waals surface area contributed by atoms with Gasteiger partial charge in [0.25, 0.3) is 0 Å². The lowest BCUT2D eigenvalue weighted by atomic mass is 9.99. The minimum absolute atomic E-state index is 0.447. The van der Waals surface area contributed by atoms with E-state index in [4.69, 9.17) is 0 Å². The van der Waals surface area contributed by atoms with Crippen LogP contribution in [0.2, 0.25) is 0 Å². The molecule has 1 aromatic carbocycles. The smallest absolute Gasteiger partial charge is 0.0634 e. The van der Waals surface area contributed by atoms with Crippen LogP contribution in [-0.4, -0.2) is 17.8 Å². The minimum Gasteiger partial charge on any atom is -0.363 e. The van der Waals surface area contributed by atoms with Gasteiger partial charge in [0.05, 0.1) is 17.0 Å². The largest absolute Gasteiger partial charge is 0.363 e. The lowest BCUT2D eigenvalue weighted by Crippen LogP contribution is -2.44. The summed E-state index contributed by atoms with van der Waals surface area (Å²) in [5, 5.41) is 0.461. The molecular weight excluding hydrogens is 286 g/mol. The van der Waals surface area contributed by atoms with Crippen LogP contribution in [-0.2, 0) is 0 Å². The first-order valence-corrected chi connectivity index (χ1v) is 8.87. The van der Waals surface area contributed by atoms with Gasteiger partial charge in [-0.3, -0.25) is 0 Å². The Labute approximate surface area is 138 Å². The van der Waals surface area contributed by atoms with Gasteiger partial charge < -0.3 is 4.90 Å². The summed E-state index contributed by atoms with van der Waals surface area (Å²) < 4.78 is 0. The van der Waals surface area contributed by atoms with Crippen molar-refractivity contribution in [1.82, 2.24) is 0 Å². The van der Waals surface area contributed by atoms with E-state index < -0.39 is 0 Å².